The molecular weight excluding hydrogens is 452 g/mol. The standard InChI is InChI=1S/C30H30N2O4/c1-21-14-16-24(17-15-21)18-19-35-30(25-10-6-4-7-11-25,26-12-8-5-9-13-26)27(28(33)34)36-29-31-22(2)20-23(3)32-29/h4-17,20,27H,18-19H2,1-3H3,(H,33,34). The highest BCUT2D eigenvalue weighted by molar-refractivity contribution is 5.76. The molecule has 0 saturated heterocycles. The Morgan fingerprint density at radius 1 is 0.833 bits per heavy atom. The van der Waals surface area contributed by atoms with Crippen molar-refractivity contribution in [3.63, 3.8) is 0 Å². The number of nitrogens with zero attached hydrogens (tertiary/aromatic N) is 2. The topological polar surface area (TPSA) is 81.5 Å². The third-order valence-corrected chi connectivity index (χ3v) is 6.02. The molecule has 0 saturated carbocycles. The van der Waals surface area contributed by atoms with Crippen LogP contribution >= 0.6 is 0 Å². The lowest BCUT2D eigenvalue weighted by Crippen LogP contribution is -2.51. The van der Waals surface area contributed by atoms with E-state index in [1.165, 1.54) is 5.56 Å². The normalized spacial score (nSPS) is 12.2. The lowest BCUT2D eigenvalue weighted by atomic mass is 9.81. The molecule has 6 nitrogen and oxygen atoms in total. The molecule has 4 rings (SSSR count). The van der Waals surface area contributed by atoms with E-state index in [0.717, 1.165) is 5.56 Å². The van der Waals surface area contributed by atoms with E-state index >= 15 is 0 Å². The van der Waals surface area contributed by atoms with Gasteiger partial charge in [-0.1, -0.05) is 90.5 Å². The quantitative estimate of drug-likeness (QED) is 0.324. The van der Waals surface area contributed by atoms with Crippen molar-refractivity contribution < 1.29 is 19.4 Å². The fourth-order valence-electron chi connectivity index (χ4n) is 4.33. The largest absolute Gasteiger partial charge is 0.478 e. The van der Waals surface area contributed by atoms with Crippen LogP contribution in [0.3, 0.4) is 0 Å². The first-order chi connectivity index (χ1) is 17.4. The highest BCUT2D eigenvalue weighted by atomic mass is 16.6. The van der Waals surface area contributed by atoms with Crippen molar-refractivity contribution in [1.82, 2.24) is 9.97 Å². The zero-order valence-electron chi connectivity index (χ0n) is 20.7. The molecule has 0 fully saturated rings. The summed E-state index contributed by atoms with van der Waals surface area (Å²) in [6.07, 6.45) is -0.852. The van der Waals surface area contributed by atoms with Gasteiger partial charge in [0.1, 0.15) is 0 Å². The van der Waals surface area contributed by atoms with Crippen LogP contribution in [-0.4, -0.2) is 33.8 Å². The van der Waals surface area contributed by atoms with Gasteiger partial charge in [-0.05, 0) is 49.9 Å². The summed E-state index contributed by atoms with van der Waals surface area (Å²) in [7, 11) is 0. The number of hydrogen-bond acceptors (Lipinski definition) is 5. The molecule has 0 aliphatic heterocycles. The molecule has 1 unspecified atom stereocenters. The van der Waals surface area contributed by atoms with E-state index in [1.54, 1.807) is 0 Å². The van der Waals surface area contributed by atoms with Gasteiger partial charge in [0.25, 0.3) is 0 Å². The second-order valence-electron chi connectivity index (χ2n) is 8.82. The molecule has 0 bridgehead atoms. The SMILES string of the molecule is Cc1ccc(CCOC(c2ccccc2)(c2ccccc2)C(Oc2nc(C)cc(C)n2)C(=O)O)cc1. The van der Waals surface area contributed by atoms with Gasteiger partial charge in [-0.25, -0.2) is 14.8 Å². The summed E-state index contributed by atoms with van der Waals surface area (Å²) < 4.78 is 12.7. The van der Waals surface area contributed by atoms with Crippen LogP contribution in [0.15, 0.2) is 91.0 Å². The molecule has 6 heteroatoms. The number of rotatable bonds is 10. The van der Waals surface area contributed by atoms with Crippen molar-refractivity contribution in [1.29, 1.82) is 0 Å². The Morgan fingerprint density at radius 3 is 1.86 bits per heavy atom. The molecule has 1 heterocycles. The summed E-state index contributed by atoms with van der Waals surface area (Å²) in [4.78, 5) is 21.6. The fourth-order valence-corrected chi connectivity index (χ4v) is 4.33. The Balaban J connectivity index is 1.82. The van der Waals surface area contributed by atoms with Crippen LogP contribution in [0.4, 0.5) is 0 Å². The lowest BCUT2D eigenvalue weighted by Gasteiger charge is -2.39. The van der Waals surface area contributed by atoms with E-state index in [1.807, 2.05) is 87.5 Å². The smallest absolute Gasteiger partial charge is 0.348 e. The van der Waals surface area contributed by atoms with E-state index in [2.05, 4.69) is 34.2 Å². The molecule has 0 radical (unpaired) electrons. The maximum atomic E-state index is 12.9. The lowest BCUT2D eigenvalue weighted by molar-refractivity contribution is -0.164. The highest BCUT2D eigenvalue weighted by Crippen LogP contribution is 2.39. The van der Waals surface area contributed by atoms with E-state index in [9.17, 15) is 9.90 Å². The van der Waals surface area contributed by atoms with Crippen LogP contribution in [0, 0.1) is 20.8 Å². The van der Waals surface area contributed by atoms with Gasteiger partial charge in [0, 0.05) is 11.4 Å². The Bertz CT molecular complexity index is 1230. The van der Waals surface area contributed by atoms with Crippen molar-refractivity contribution in [2.75, 3.05) is 6.61 Å². The maximum absolute atomic E-state index is 12.9. The Kier molecular flexibility index (Phi) is 7.76. The summed E-state index contributed by atoms with van der Waals surface area (Å²) in [5, 5.41) is 10.5. The molecule has 0 aliphatic rings. The third kappa shape index (κ3) is 5.61. The Labute approximate surface area is 211 Å². The second-order valence-corrected chi connectivity index (χ2v) is 8.82. The number of ether oxygens (including phenoxy) is 2. The van der Waals surface area contributed by atoms with Gasteiger partial charge in [-0.2, -0.15) is 0 Å². The van der Waals surface area contributed by atoms with Crippen LogP contribution in [0.5, 0.6) is 6.01 Å². The van der Waals surface area contributed by atoms with Crippen molar-refractivity contribution in [2.45, 2.75) is 38.9 Å². The average molecular weight is 483 g/mol. The van der Waals surface area contributed by atoms with E-state index in [4.69, 9.17) is 9.47 Å². The van der Waals surface area contributed by atoms with Crippen LogP contribution < -0.4 is 4.74 Å². The highest BCUT2D eigenvalue weighted by Gasteiger charge is 2.50. The minimum Gasteiger partial charge on any atom is -0.478 e. The van der Waals surface area contributed by atoms with Crippen LogP contribution in [0.25, 0.3) is 0 Å². The molecule has 1 aromatic heterocycles. The van der Waals surface area contributed by atoms with Crippen molar-refractivity contribution >= 4 is 5.97 Å². The number of benzene rings is 3. The Morgan fingerprint density at radius 2 is 1.36 bits per heavy atom. The average Bonchev–Trinajstić information content (AvgIpc) is 2.87. The number of carboxylic acids is 1. The molecule has 36 heavy (non-hydrogen) atoms. The summed E-state index contributed by atoms with van der Waals surface area (Å²) in [5.74, 6) is -1.18. The molecule has 3 aromatic carbocycles. The number of carbonyl (C=O) groups is 1. The van der Waals surface area contributed by atoms with Crippen molar-refractivity contribution in [3.05, 3.63) is 125 Å². The predicted molar refractivity (Wildman–Crippen MR) is 138 cm³/mol. The van der Waals surface area contributed by atoms with Crippen LogP contribution in [0.1, 0.15) is 33.6 Å². The third-order valence-electron chi connectivity index (χ3n) is 6.02. The monoisotopic (exact) mass is 482 g/mol. The van der Waals surface area contributed by atoms with Gasteiger partial charge in [-0.3, -0.25) is 0 Å². The maximum Gasteiger partial charge on any atom is 0.348 e. The van der Waals surface area contributed by atoms with Gasteiger partial charge >= 0.3 is 12.0 Å². The zero-order valence-corrected chi connectivity index (χ0v) is 20.7. The van der Waals surface area contributed by atoms with Gasteiger partial charge < -0.3 is 14.6 Å². The summed E-state index contributed by atoms with van der Waals surface area (Å²) >= 11 is 0. The number of aromatic nitrogens is 2. The van der Waals surface area contributed by atoms with E-state index in [0.29, 0.717) is 28.9 Å². The first-order valence-corrected chi connectivity index (χ1v) is 11.9. The number of carboxylic acid groups (broad SMARTS) is 1. The predicted octanol–water partition coefficient (Wildman–Crippen LogP) is 5.44. The molecule has 184 valence electrons. The molecule has 0 aliphatic carbocycles. The van der Waals surface area contributed by atoms with Gasteiger partial charge in [-0.15, -0.1) is 0 Å². The number of aliphatic carboxylic acids is 1. The van der Waals surface area contributed by atoms with Crippen LogP contribution in [-0.2, 0) is 21.6 Å². The summed E-state index contributed by atoms with van der Waals surface area (Å²) in [6, 6.07) is 28.7. The molecule has 0 spiro atoms. The summed E-state index contributed by atoms with van der Waals surface area (Å²) in [5.41, 5.74) is 3.52. The first-order valence-electron chi connectivity index (χ1n) is 11.9. The van der Waals surface area contributed by atoms with Gasteiger partial charge in [0.2, 0.25) is 6.10 Å². The van der Waals surface area contributed by atoms with Gasteiger partial charge in [0.05, 0.1) is 6.61 Å². The van der Waals surface area contributed by atoms with Crippen molar-refractivity contribution in [2.24, 2.45) is 0 Å². The minimum atomic E-state index is -1.46. The molecule has 1 atom stereocenters. The second kappa shape index (κ2) is 11.1. The number of hydrogen-bond donors (Lipinski definition) is 1. The summed E-state index contributed by atoms with van der Waals surface area (Å²) in [6.45, 7) is 5.95. The van der Waals surface area contributed by atoms with Crippen LogP contribution in [0.2, 0.25) is 0 Å². The van der Waals surface area contributed by atoms with E-state index in [-0.39, 0.29) is 12.6 Å². The molecule has 4 aromatic rings. The molecular formula is C30H30N2O4. The Hall–Kier alpha value is -4.03. The zero-order chi connectivity index (χ0) is 25.5. The van der Waals surface area contributed by atoms with Crippen molar-refractivity contribution in [3.8, 4) is 6.01 Å². The van der Waals surface area contributed by atoms with E-state index < -0.39 is 17.7 Å². The first kappa shape index (κ1) is 25.1. The van der Waals surface area contributed by atoms with Gasteiger partial charge in [0.15, 0.2) is 5.60 Å². The fraction of sp³-hybridized carbons (Fsp3) is 0.233. The minimum absolute atomic E-state index is 0.00160. The molecule has 0 amide bonds. The number of aryl methyl sites for hydroxylation is 3. The molecule has 1 N–H and O–H groups in total.